The Balaban J connectivity index is 1.52. The molecule has 2 saturated heterocycles. The number of nitrogens with zero attached hydrogens (tertiary/aromatic N) is 4. The smallest absolute Gasteiger partial charge is 0.263 e. The number of amides is 1. The largest absolute Gasteiger partial charge is 0.330 e. The van der Waals surface area contributed by atoms with E-state index in [4.69, 9.17) is 0 Å². The van der Waals surface area contributed by atoms with Crippen LogP contribution in [0.1, 0.15) is 28.8 Å². The minimum absolute atomic E-state index is 0.116. The molecule has 2 aromatic rings. The van der Waals surface area contributed by atoms with Crippen molar-refractivity contribution in [1.82, 2.24) is 19.4 Å². The normalized spacial score (nSPS) is 23.0. The predicted molar refractivity (Wildman–Crippen MR) is 94.2 cm³/mol. The van der Waals surface area contributed by atoms with Crippen LogP contribution in [0.5, 0.6) is 0 Å². The highest BCUT2D eigenvalue weighted by molar-refractivity contribution is 5.94. The lowest BCUT2D eigenvalue weighted by molar-refractivity contribution is 0.0403. The van der Waals surface area contributed by atoms with Crippen LogP contribution in [-0.2, 0) is 13.6 Å². The quantitative estimate of drug-likeness (QED) is 0.846. The number of fused-ring (bicyclic) bond motifs is 2. The summed E-state index contributed by atoms with van der Waals surface area (Å²) in [6, 6.07) is 7.82. The Bertz CT molecular complexity index is 819. The molecule has 25 heavy (non-hydrogen) atoms. The van der Waals surface area contributed by atoms with Gasteiger partial charge >= 0.3 is 0 Å². The predicted octanol–water partition coefficient (Wildman–Crippen LogP) is 1.27. The molecular weight excluding hydrogens is 316 g/mol. The number of aromatic nitrogens is 2. The SMILES string of the molecule is Cn1cccc(C(=O)N2C3CCC2CN(Cc2cccnc2)C3)c1=O. The Morgan fingerprint density at radius 3 is 2.64 bits per heavy atom. The molecule has 2 aliphatic heterocycles. The molecule has 0 spiro atoms. The van der Waals surface area contributed by atoms with Crippen molar-refractivity contribution in [2.75, 3.05) is 13.1 Å². The summed E-state index contributed by atoms with van der Waals surface area (Å²) in [7, 11) is 1.68. The highest BCUT2D eigenvalue weighted by Gasteiger charge is 2.43. The van der Waals surface area contributed by atoms with Crippen molar-refractivity contribution in [1.29, 1.82) is 0 Å². The van der Waals surface area contributed by atoms with Gasteiger partial charge in [0, 0.05) is 57.4 Å². The molecule has 130 valence electrons. The van der Waals surface area contributed by atoms with Gasteiger partial charge < -0.3 is 9.47 Å². The van der Waals surface area contributed by atoms with E-state index < -0.39 is 0 Å². The first-order chi connectivity index (χ1) is 12.1. The van der Waals surface area contributed by atoms with E-state index in [1.165, 1.54) is 10.1 Å². The zero-order valence-corrected chi connectivity index (χ0v) is 14.3. The summed E-state index contributed by atoms with van der Waals surface area (Å²) in [6.45, 7) is 2.56. The zero-order chi connectivity index (χ0) is 17.4. The second kappa shape index (κ2) is 6.44. The Hall–Kier alpha value is -2.47. The van der Waals surface area contributed by atoms with Gasteiger partial charge in [0.1, 0.15) is 5.56 Å². The number of hydrogen-bond donors (Lipinski definition) is 0. The van der Waals surface area contributed by atoms with Crippen molar-refractivity contribution in [3.63, 3.8) is 0 Å². The molecule has 2 atom stereocenters. The lowest BCUT2D eigenvalue weighted by Gasteiger charge is -2.41. The summed E-state index contributed by atoms with van der Waals surface area (Å²) in [4.78, 5) is 33.8. The number of carbonyl (C=O) groups excluding carboxylic acids is 1. The van der Waals surface area contributed by atoms with Crippen LogP contribution in [0.4, 0.5) is 0 Å². The van der Waals surface area contributed by atoms with E-state index in [0.29, 0.717) is 0 Å². The molecule has 0 aromatic carbocycles. The van der Waals surface area contributed by atoms with Crippen molar-refractivity contribution in [2.24, 2.45) is 7.05 Å². The molecule has 2 bridgehead atoms. The van der Waals surface area contributed by atoms with E-state index in [-0.39, 0.29) is 29.1 Å². The number of pyridine rings is 2. The number of hydrogen-bond acceptors (Lipinski definition) is 4. The summed E-state index contributed by atoms with van der Waals surface area (Å²) in [5, 5.41) is 0. The fourth-order valence-corrected chi connectivity index (χ4v) is 4.10. The van der Waals surface area contributed by atoms with Gasteiger partial charge in [-0.25, -0.2) is 0 Å². The third-order valence-corrected chi connectivity index (χ3v) is 5.28. The molecule has 2 unspecified atom stereocenters. The molecule has 2 aromatic heterocycles. The number of likely N-dealkylation sites (tertiary alicyclic amines) is 1. The second-order valence-corrected chi connectivity index (χ2v) is 6.99. The average molecular weight is 338 g/mol. The van der Waals surface area contributed by atoms with Gasteiger partial charge in [-0.2, -0.15) is 0 Å². The van der Waals surface area contributed by atoms with Crippen LogP contribution in [0.15, 0.2) is 47.7 Å². The van der Waals surface area contributed by atoms with Crippen LogP contribution in [-0.4, -0.2) is 50.4 Å². The maximum Gasteiger partial charge on any atom is 0.263 e. The van der Waals surface area contributed by atoms with Crippen molar-refractivity contribution in [2.45, 2.75) is 31.5 Å². The van der Waals surface area contributed by atoms with Gasteiger partial charge in [-0.05, 0) is 36.6 Å². The van der Waals surface area contributed by atoms with Crippen LogP contribution >= 0.6 is 0 Å². The molecule has 2 fully saturated rings. The summed E-state index contributed by atoms with van der Waals surface area (Å²) < 4.78 is 1.47. The number of aryl methyl sites for hydroxylation is 1. The topological polar surface area (TPSA) is 58.4 Å². The van der Waals surface area contributed by atoms with Crippen molar-refractivity contribution in [3.05, 3.63) is 64.3 Å². The molecule has 6 nitrogen and oxygen atoms in total. The Kier molecular flexibility index (Phi) is 4.13. The van der Waals surface area contributed by atoms with E-state index in [2.05, 4.69) is 16.0 Å². The summed E-state index contributed by atoms with van der Waals surface area (Å²) in [5.41, 5.74) is 1.26. The van der Waals surface area contributed by atoms with Gasteiger partial charge in [0.25, 0.3) is 11.5 Å². The minimum atomic E-state index is -0.218. The van der Waals surface area contributed by atoms with Gasteiger partial charge in [0.2, 0.25) is 0 Å². The first-order valence-corrected chi connectivity index (χ1v) is 8.73. The van der Waals surface area contributed by atoms with Gasteiger partial charge in [-0.15, -0.1) is 0 Å². The van der Waals surface area contributed by atoms with E-state index in [1.807, 2.05) is 17.2 Å². The maximum atomic E-state index is 13.0. The highest BCUT2D eigenvalue weighted by Crippen LogP contribution is 2.31. The highest BCUT2D eigenvalue weighted by atomic mass is 16.2. The zero-order valence-electron chi connectivity index (χ0n) is 14.3. The van der Waals surface area contributed by atoms with E-state index in [1.54, 1.807) is 31.6 Å². The summed E-state index contributed by atoms with van der Waals surface area (Å²) >= 11 is 0. The molecular formula is C19H22N4O2. The number of rotatable bonds is 3. The van der Waals surface area contributed by atoms with Gasteiger partial charge in [0.15, 0.2) is 0 Å². The van der Waals surface area contributed by atoms with Gasteiger partial charge in [0.05, 0.1) is 0 Å². The van der Waals surface area contributed by atoms with Crippen molar-refractivity contribution in [3.8, 4) is 0 Å². The number of piperazine rings is 1. The van der Waals surface area contributed by atoms with Crippen LogP contribution in [0, 0.1) is 0 Å². The fraction of sp³-hybridized carbons (Fsp3) is 0.421. The third-order valence-electron chi connectivity index (χ3n) is 5.28. The van der Waals surface area contributed by atoms with E-state index in [9.17, 15) is 9.59 Å². The average Bonchev–Trinajstić information content (AvgIpc) is 2.88. The van der Waals surface area contributed by atoms with Crippen molar-refractivity contribution >= 4 is 5.91 Å². The van der Waals surface area contributed by atoms with Crippen LogP contribution in [0.2, 0.25) is 0 Å². The van der Waals surface area contributed by atoms with Gasteiger partial charge in [-0.3, -0.25) is 19.5 Å². The Morgan fingerprint density at radius 2 is 1.96 bits per heavy atom. The van der Waals surface area contributed by atoms with Crippen LogP contribution < -0.4 is 5.56 Å². The van der Waals surface area contributed by atoms with Gasteiger partial charge in [-0.1, -0.05) is 6.07 Å². The second-order valence-electron chi connectivity index (χ2n) is 6.99. The third kappa shape index (κ3) is 2.98. The molecule has 4 rings (SSSR count). The van der Waals surface area contributed by atoms with Crippen molar-refractivity contribution < 1.29 is 4.79 Å². The van der Waals surface area contributed by atoms with Crippen LogP contribution in [0.3, 0.4) is 0 Å². The standard InChI is InChI=1S/C19H22N4O2/c1-21-9-3-5-17(18(21)24)19(25)23-15-6-7-16(23)13-22(12-15)11-14-4-2-8-20-10-14/h2-5,8-10,15-16H,6-7,11-13H2,1H3. The van der Waals surface area contributed by atoms with E-state index in [0.717, 1.165) is 32.5 Å². The molecule has 6 heteroatoms. The first kappa shape index (κ1) is 16.0. The fourth-order valence-electron chi connectivity index (χ4n) is 4.10. The molecule has 0 saturated carbocycles. The lowest BCUT2D eigenvalue weighted by Crippen LogP contribution is -2.56. The molecule has 4 heterocycles. The Labute approximate surface area is 146 Å². The number of carbonyl (C=O) groups is 1. The summed E-state index contributed by atoms with van der Waals surface area (Å²) in [6.07, 6.45) is 7.37. The maximum absolute atomic E-state index is 13.0. The molecule has 2 aliphatic rings. The monoisotopic (exact) mass is 338 g/mol. The summed E-state index contributed by atoms with van der Waals surface area (Å²) in [5.74, 6) is -0.116. The molecule has 0 N–H and O–H groups in total. The first-order valence-electron chi connectivity index (χ1n) is 8.73. The van der Waals surface area contributed by atoms with Crippen LogP contribution in [0.25, 0.3) is 0 Å². The molecule has 1 amide bonds. The Morgan fingerprint density at radius 1 is 1.20 bits per heavy atom. The lowest BCUT2D eigenvalue weighted by atomic mass is 10.1. The van der Waals surface area contributed by atoms with E-state index >= 15 is 0 Å². The molecule has 0 radical (unpaired) electrons. The molecule has 0 aliphatic carbocycles. The minimum Gasteiger partial charge on any atom is -0.330 e.